The molecule has 1 unspecified atom stereocenters. The van der Waals surface area contributed by atoms with Gasteiger partial charge in [0.2, 0.25) is 11.9 Å². The van der Waals surface area contributed by atoms with Crippen LogP contribution in [0.1, 0.15) is 6.17 Å². The van der Waals surface area contributed by atoms with Crippen LogP contribution < -0.4 is 16.0 Å². The molecule has 0 radical (unpaired) electrons. The molecular formula is C10H18N6O2S. The summed E-state index contributed by atoms with van der Waals surface area (Å²) in [6, 6.07) is 0. The van der Waals surface area contributed by atoms with E-state index in [-0.39, 0.29) is 6.17 Å². The van der Waals surface area contributed by atoms with E-state index < -0.39 is 0 Å². The third-order valence-corrected chi connectivity index (χ3v) is 2.96. The van der Waals surface area contributed by atoms with Gasteiger partial charge in [0.05, 0.1) is 25.3 Å². The Morgan fingerprint density at radius 3 is 2.95 bits per heavy atom. The second kappa shape index (κ2) is 6.64. The lowest BCUT2D eigenvalue weighted by molar-refractivity contribution is 0.121. The van der Waals surface area contributed by atoms with Gasteiger partial charge in [0.1, 0.15) is 6.17 Å². The fraction of sp³-hybridized carbons (Fsp3) is 0.700. The Balaban J connectivity index is 2.15. The highest BCUT2D eigenvalue weighted by Gasteiger charge is 2.20. The van der Waals surface area contributed by atoms with Crippen molar-refractivity contribution >= 4 is 29.6 Å². The fourth-order valence-corrected chi connectivity index (χ4v) is 2.03. The molecule has 0 spiro atoms. The molecule has 1 aliphatic rings. The van der Waals surface area contributed by atoms with Crippen LogP contribution in [0.3, 0.4) is 0 Å². The van der Waals surface area contributed by atoms with Crippen LogP contribution in [0.5, 0.6) is 0 Å². The predicted molar refractivity (Wildman–Crippen MR) is 75.2 cm³/mol. The van der Waals surface area contributed by atoms with Crippen LogP contribution >= 0.6 is 12.2 Å². The van der Waals surface area contributed by atoms with Crippen molar-refractivity contribution in [2.24, 2.45) is 0 Å². The number of thiocarbonyl (C=S) groups is 1. The predicted octanol–water partition coefficient (Wildman–Crippen LogP) is -0.611. The third kappa shape index (κ3) is 3.31. The maximum absolute atomic E-state index is 5.90. The van der Waals surface area contributed by atoms with Crippen molar-refractivity contribution < 1.29 is 9.47 Å². The lowest BCUT2D eigenvalue weighted by atomic mass is 10.4. The van der Waals surface area contributed by atoms with Crippen molar-refractivity contribution in [3.05, 3.63) is 0 Å². The second-order valence-electron chi connectivity index (χ2n) is 4.07. The molecule has 2 rings (SSSR count). The number of morpholine rings is 1. The Kier molecular flexibility index (Phi) is 4.88. The van der Waals surface area contributed by atoms with E-state index in [0.29, 0.717) is 31.7 Å². The number of anilines is 2. The summed E-state index contributed by atoms with van der Waals surface area (Å²) in [7, 11) is 1.61. The van der Waals surface area contributed by atoms with Crippen molar-refractivity contribution in [2.45, 2.75) is 6.17 Å². The van der Waals surface area contributed by atoms with Gasteiger partial charge in [-0.25, -0.2) is 4.68 Å². The van der Waals surface area contributed by atoms with E-state index >= 15 is 0 Å². The van der Waals surface area contributed by atoms with E-state index in [1.807, 2.05) is 4.90 Å². The molecule has 1 aromatic heterocycles. The van der Waals surface area contributed by atoms with E-state index in [1.54, 1.807) is 11.8 Å². The molecule has 1 aliphatic heterocycles. The number of rotatable bonds is 6. The van der Waals surface area contributed by atoms with Crippen molar-refractivity contribution in [1.29, 1.82) is 0 Å². The van der Waals surface area contributed by atoms with Gasteiger partial charge in [-0.05, 0) is 0 Å². The minimum atomic E-state index is -0.259. The molecule has 0 aliphatic carbocycles. The van der Waals surface area contributed by atoms with Gasteiger partial charge in [-0.2, -0.15) is 4.98 Å². The third-order valence-electron chi connectivity index (χ3n) is 2.82. The summed E-state index contributed by atoms with van der Waals surface area (Å²) in [6.45, 7) is 3.27. The van der Waals surface area contributed by atoms with Gasteiger partial charge in [0, 0.05) is 20.2 Å². The average molecular weight is 286 g/mol. The second-order valence-corrected chi connectivity index (χ2v) is 4.31. The molecule has 3 N–H and O–H groups in total. The fourth-order valence-electron chi connectivity index (χ4n) is 1.88. The number of methoxy groups -OCH3 is 1. The van der Waals surface area contributed by atoms with Gasteiger partial charge in [0.15, 0.2) is 0 Å². The summed E-state index contributed by atoms with van der Waals surface area (Å²) >= 11 is 4.80. The maximum Gasteiger partial charge on any atom is 0.246 e. The number of nitrogens with two attached hydrogens (primary N) is 1. The molecule has 0 saturated carbocycles. The number of hydrogen-bond donors (Lipinski definition) is 2. The number of nitrogens with zero attached hydrogens (tertiary/aromatic N) is 4. The van der Waals surface area contributed by atoms with Gasteiger partial charge in [0.25, 0.3) is 0 Å². The Hall–Kier alpha value is -1.45. The lowest BCUT2D eigenvalue weighted by Gasteiger charge is -2.25. The molecule has 106 valence electrons. The quantitative estimate of drug-likeness (QED) is 0.669. The van der Waals surface area contributed by atoms with Crippen LogP contribution in [-0.4, -0.2) is 60.3 Å². The number of hydrogen-bond acceptors (Lipinski definition) is 7. The van der Waals surface area contributed by atoms with Crippen LogP contribution in [0.25, 0.3) is 0 Å². The van der Waals surface area contributed by atoms with Crippen molar-refractivity contribution in [2.75, 3.05) is 50.7 Å². The van der Waals surface area contributed by atoms with Crippen LogP contribution in [0, 0.1) is 0 Å². The van der Waals surface area contributed by atoms with Crippen LogP contribution in [0.2, 0.25) is 0 Å². The molecule has 0 amide bonds. The smallest absolute Gasteiger partial charge is 0.246 e. The normalized spacial score (nSPS) is 17.2. The van der Waals surface area contributed by atoms with Crippen molar-refractivity contribution in [3.63, 3.8) is 0 Å². The zero-order valence-corrected chi connectivity index (χ0v) is 11.6. The standard InChI is InChI=1S/C10H18N6O2S/c1-17-6-8(12-7-19)16-9(11)13-10(14-16)15-2-4-18-5-3-15/h7-8H,2-6H2,1H3,(H,12,19)(H2,11,13,14). The van der Waals surface area contributed by atoms with Gasteiger partial charge >= 0.3 is 0 Å². The first-order chi connectivity index (χ1) is 9.26. The van der Waals surface area contributed by atoms with Crippen molar-refractivity contribution in [1.82, 2.24) is 20.1 Å². The Labute approximate surface area is 116 Å². The Bertz CT molecular complexity index is 420. The largest absolute Gasteiger partial charge is 0.381 e. The average Bonchev–Trinajstić information content (AvgIpc) is 2.82. The van der Waals surface area contributed by atoms with Gasteiger partial charge in [-0.1, -0.05) is 12.2 Å². The summed E-state index contributed by atoms with van der Waals surface area (Å²) in [5.41, 5.74) is 7.31. The number of aromatic nitrogens is 3. The minimum absolute atomic E-state index is 0.259. The zero-order valence-electron chi connectivity index (χ0n) is 10.8. The molecule has 2 heterocycles. The molecule has 9 heteroatoms. The summed E-state index contributed by atoms with van der Waals surface area (Å²) in [5.74, 6) is 0.931. The van der Waals surface area contributed by atoms with Crippen LogP contribution in [0.4, 0.5) is 11.9 Å². The molecule has 8 nitrogen and oxygen atoms in total. The molecule has 1 fully saturated rings. The molecule has 0 bridgehead atoms. The van der Waals surface area contributed by atoms with Gasteiger partial charge < -0.3 is 25.4 Å². The number of nitrogen functional groups attached to an aromatic ring is 1. The Morgan fingerprint density at radius 1 is 1.58 bits per heavy atom. The van der Waals surface area contributed by atoms with E-state index in [2.05, 4.69) is 15.4 Å². The highest BCUT2D eigenvalue weighted by molar-refractivity contribution is 7.78. The summed E-state index contributed by atoms with van der Waals surface area (Å²) in [6.07, 6.45) is -0.259. The molecule has 1 atom stereocenters. The molecular weight excluding hydrogens is 268 g/mol. The maximum atomic E-state index is 5.90. The summed E-state index contributed by atoms with van der Waals surface area (Å²) in [5, 5.41) is 7.37. The van der Waals surface area contributed by atoms with Crippen LogP contribution in [0.15, 0.2) is 0 Å². The summed E-state index contributed by atoms with van der Waals surface area (Å²) in [4.78, 5) is 6.32. The van der Waals surface area contributed by atoms with Crippen molar-refractivity contribution in [3.8, 4) is 0 Å². The topological polar surface area (TPSA) is 90.5 Å². The van der Waals surface area contributed by atoms with Gasteiger partial charge in [-0.3, -0.25) is 0 Å². The molecule has 1 saturated heterocycles. The van der Waals surface area contributed by atoms with Gasteiger partial charge in [-0.15, -0.1) is 5.10 Å². The highest BCUT2D eigenvalue weighted by Crippen LogP contribution is 2.15. The van der Waals surface area contributed by atoms with E-state index in [9.17, 15) is 0 Å². The lowest BCUT2D eigenvalue weighted by Crippen LogP contribution is -2.37. The molecule has 0 aromatic carbocycles. The first-order valence-electron chi connectivity index (χ1n) is 5.99. The molecule has 19 heavy (non-hydrogen) atoms. The van der Waals surface area contributed by atoms with E-state index in [4.69, 9.17) is 27.4 Å². The number of ether oxygens (including phenoxy) is 2. The van der Waals surface area contributed by atoms with E-state index in [0.717, 1.165) is 13.1 Å². The summed E-state index contributed by atoms with van der Waals surface area (Å²) < 4.78 is 12.0. The number of nitrogens with one attached hydrogen (secondary N) is 1. The monoisotopic (exact) mass is 286 g/mol. The van der Waals surface area contributed by atoms with Crippen LogP contribution in [-0.2, 0) is 9.47 Å². The SMILES string of the molecule is COCC(NC=S)n1nc(N2CCOCC2)nc1N. The first-order valence-corrected chi connectivity index (χ1v) is 6.46. The molecule has 1 aromatic rings. The highest BCUT2D eigenvalue weighted by atomic mass is 32.1. The van der Waals surface area contributed by atoms with E-state index in [1.165, 1.54) is 5.49 Å². The first kappa shape index (κ1) is 14.0. The minimum Gasteiger partial charge on any atom is -0.381 e. The zero-order chi connectivity index (χ0) is 13.7. The Morgan fingerprint density at radius 2 is 2.32 bits per heavy atom.